The van der Waals surface area contributed by atoms with Gasteiger partial charge in [0.1, 0.15) is 5.37 Å². The third kappa shape index (κ3) is 4.38. The van der Waals surface area contributed by atoms with Gasteiger partial charge in [0.25, 0.3) is 0 Å². The van der Waals surface area contributed by atoms with Crippen molar-refractivity contribution in [2.24, 2.45) is 0 Å². The molecule has 1 unspecified atom stereocenters. The van der Waals surface area contributed by atoms with Crippen LogP contribution in [0, 0.1) is 13.8 Å². The van der Waals surface area contributed by atoms with Gasteiger partial charge in [-0.1, -0.05) is 35.9 Å². The molecule has 1 N–H and O–H groups in total. The molecule has 4 rings (SSSR count). The average Bonchev–Trinajstić information content (AvgIpc) is 3.32. The Balaban J connectivity index is 1.56. The molecule has 1 atom stereocenters. The van der Waals surface area contributed by atoms with Gasteiger partial charge in [0.15, 0.2) is 0 Å². The SMILES string of the molecule is Cc1ccc(N2C(=O)CSC2c2cccc(NC(=O)Cc3cccs3)c2)c(C)c1. The standard InChI is InChI=1S/C23H22N2O2S2/c1-15-8-9-20(16(2)11-15)25-22(27)14-29-23(25)17-5-3-6-18(12-17)24-21(26)13-19-7-4-10-28-19/h3-12,23H,13-14H2,1-2H3,(H,24,26). The molecule has 148 valence electrons. The first kappa shape index (κ1) is 19.7. The van der Waals surface area contributed by atoms with Crippen LogP contribution < -0.4 is 10.2 Å². The zero-order valence-corrected chi connectivity index (χ0v) is 18.0. The summed E-state index contributed by atoms with van der Waals surface area (Å²) in [4.78, 5) is 27.9. The van der Waals surface area contributed by atoms with Crippen molar-refractivity contribution in [2.45, 2.75) is 25.6 Å². The topological polar surface area (TPSA) is 49.4 Å². The number of thiophene rings is 1. The van der Waals surface area contributed by atoms with E-state index < -0.39 is 0 Å². The number of thioether (sulfide) groups is 1. The van der Waals surface area contributed by atoms with Crippen molar-refractivity contribution in [3.63, 3.8) is 0 Å². The van der Waals surface area contributed by atoms with E-state index in [1.807, 2.05) is 65.7 Å². The zero-order chi connectivity index (χ0) is 20.4. The average molecular weight is 423 g/mol. The molecule has 0 aliphatic carbocycles. The van der Waals surface area contributed by atoms with Crippen LogP contribution in [0.25, 0.3) is 0 Å². The van der Waals surface area contributed by atoms with Crippen LogP contribution >= 0.6 is 23.1 Å². The number of nitrogens with one attached hydrogen (secondary N) is 1. The molecule has 6 heteroatoms. The van der Waals surface area contributed by atoms with E-state index in [1.54, 1.807) is 23.1 Å². The lowest BCUT2D eigenvalue weighted by Crippen LogP contribution is -2.28. The molecule has 2 amide bonds. The summed E-state index contributed by atoms with van der Waals surface area (Å²) in [6.45, 7) is 4.09. The molecule has 4 nitrogen and oxygen atoms in total. The van der Waals surface area contributed by atoms with E-state index in [4.69, 9.17) is 0 Å². The van der Waals surface area contributed by atoms with Crippen LogP contribution in [0.4, 0.5) is 11.4 Å². The molecule has 2 aromatic carbocycles. The highest BCUT2D eigenvalue weighted by Gasteiger charge is 2.34. The molecule has 0 saturated carbocycles. The molecule has 0 radical (unpaired) electrons. The Hall–Kier alpha value is -2.57. The lowest BCUT2D eigenvalue weighted by Gasteiger charge is -2.26. The highest BCUT2D eigenvalue weighted by molar-refractivity contribution is 8.00. The largest absolute Gasteiger partial charge is 0.326 e. The Morgan fingerprint density at radius 3 is 2.76 bits per heavy atom. The fraction of sp³-hybridized carbons (Fsp3) is 0.217. The second kappa shape index (κ2) is 8.43. The van der Waals surface area contributed by atoms with Gasteiger partial charge in [0.2, 0.25) is 11.8 Å². The number of carbonyl (C=O) groups excluding carboxylic acids is 2. The van der Waals surface area contributed by atoms with Gasteiger partial charge in [0, 0.05) is 16.3 Å². The number of rotatable bonds is 5. The molecule has 1 saturated heterocycles. The number of aryl methyl sites for hydroxylation is 2. The highest BCUT2D eigenvalue weighted by Crippen LogP contribution is 2.43. The van der Waals surface area contributed by atoms with Crippen LogP contribution in [-0.4, -0.2) is 17.6 Å². The minimum atomic E-state index is -0.0990. The third-order valence-corrected chi connectivity index (χ3v) is 6.94. The van der Waals surface area contributed by atoms with Crippen LogP contribution in [0.2, 0.25) is 0 Å². The number of hydrogen-bond donors (Lipinski definition) is 1. The predicted octanol–water partition coefficient (Wildman–Crippen LogP) is 5.32. The van der Waals surface area contributed by atoms with Gasteiger partial charge in [-0.25, -0.2) is 0 Å². The number of amides is 2. The van der Waals surface area contributed by atoms with Crippen LogP contribution in [0.15, 0.2) is 60.0 Å². The maximum Gasteiger partial charge on any atom is 0.238 e. The predicted molar refractivity (Wildman–Crippen MR) is 122 cm³/mol. The van der Waals surface area contributed by atoms with Gasteiger partial charge in [0.05, 0.1) is 12.2 Å². The summed E-state index contributed by atoms with van der Waals surface area (Å²) >= 11 is 3.19. The summed E-state index contributed by atoms with van der Waals surface area (Å²) in [5.74, 6) is 0.525. The van der Waals surface area contributed by atoms with E-state index in [-0.39, 0.29) is 17.2 Å². The molecular weight excluding hydrogens is 400 g/mol. The number of carbonyl (C=O) groups is 2. The summed E-state index contributed by atoms with van der Waals surface area (Å²) in [5, 5.41) is 4.86. The first-order chi connectivity index (χ1) is 14.0. The first-order valence-corrected chi connectivity index (χ1v) is 11.4. The Kier molecular flexibility index (Phi) is 5.74. The van der Waals surface area contributed by atoms with Crippen LogP contribution in [0.3, 0.4) is 0 Å². The fourth-order valence-electron chi connectivity index (χ4n) is 3.55. The van der Waals surface area contributed by atoms with Crippen molar-refractivity contribution in [2.75, 3.05) is 16.0 Å². The fourth-order valence-corrected chi connectivity index (χ4v) is 5.42. The first-order valence-electron chi connectivity index (χ1n) is 9.44. The van der Waals surface area contributed by atoms with Crippen molar-refractivity contribution in [1.29, 1.82) is 0 Å². The van der Waals surface area contributed by atoms with E-state index in [0.717, 1.165) is 27.4 Å². The third-order valence-electron chi connectivity index (χ3n) is 4.85. The van der Waals surface area contributed by atoms with Crippen molar-refractivity contribution in [3.8, 4) is 0 Å². The van der Waals surface area contributed by atoms with Crippen LogP contribution in [-0.2, 0) is 16.0 Å². The second-order valence-electron chi connectivity index (χ2n) is 7.15. The van der Waals surface area contributed by atoms with Crippen LogP contribution in [0.1, 0.15) is 26.9 Å². The van der Waals surface area contributed by atoms with Gasteiger partial charge in [-0.05, 0) is 54.6 Å². The molecule has 0 spiro atoms. The Labute approximate surface area is 178 Å². The van der Waals surface area contributed by atoms with Crippen molar-refractivity contribution in [3.05, 3.63) is 81.5 Å². The second-order valence-corrected chi connectivity index (χ2v) is 9.25. The Morgan fingerprint density at radius 2 is 2.00 bits per heavy atom. The quantitative estimate of drug-likeness (QED) is 0.605. The van der Waals surface area contributed by atoms with Crippen molar-refractivity contribution < 1.29 is 9.59 Å². The smallest absolute Gasteiger partial charge is 0.238 e. The molecule has 2 heterocycles. The maximum absolute atomic E-state index is 12.7. The normalized spacial score (nSPS) is 16.3. The van der Waals surface area contributed by atoms with Crippen molar-refractivity contribution >= 4 is 46.3 Å². The summed E-state index contributed by atoms with van der Waals surface area (Å²) in [6, 6.07) is 17.9. The highest BCUT2D eigenvalue weighted by atomic mass is 32.2. The van der Waals surface area contributed by atoms with E-state index >= 15 is 0 Å². The van der Waals surface area contributed by atoms with Crippen LogP contribution in [0.5, 0.6) is 0 Å². The molecule has 1 aromatic heterocycles. The molecule has 1 fully saturated rings. The monoisotopic (exact) mass is 422 g/mol. The van der Waals surface area contributed by atoms with Crippen molar-refractivity contribution in [1.82, 2.24) is 0 Å². The Bertz CT molecular complexity index is 1050. The van der Waals surface area contributed by atoms with E-state index in [2.05, 4.69) is 18.3 Å². The molecule has 1 aliphatic heterocycles. The van der Waals surface area contributed by atoms with Gasteiger partial charge in [-0.15, -0.1) is 23.1 Å². The van der Waals surface area contributed by atoms with Gasteiger partial charge < -0.3 is 5.32 Å². The number of nitrogens with zero attached hydrogens (tertiary/aromatic N) is 1. The van der Waals surface area contributed by atoms with Gasteiger partial charge >= 0.3 is 0 Å². The molecule has 1 aliphatic rings. The van der Waals surface area contributed by atoms with E-state index in [9.17, 15) is 9.59 Å². The molecule has 29 heavy (non-hydrogen) atoms. The summed E-state index contributed by atoms with van der Waals surface area (Å²) in [6.07, 6.45) is 0.368. The maximum atomic E-state index is 12.7. The number of hydrogen-bond acceptors (Lipinski definition) is 4. The number of anilines is 2. The number of benzene rings is 2. The lowest BCUT2D eigenvalue weighted by molar-refractivity contribution is -0.116. The Morgan fingerprint density at radius 1 is 1.14 bits per heavy atom. The lowest BCUT2D eigenvalue weighted by atomic mass is 10.1. The van der Waals surface area contributed by atoms with Gasteiger partial charge in [-0.2, -0.15) is 0 Å². The summed E-state index contributed by atoms with van der Waals surface area (Å²) < 4.78 is 0. The summed E-state index contributed by atoms with van der Waals surface area (Å²) in [7, 11) is 0. The molecule has 3 aromatic rings. The zero-order valence-electron chi connectivity index (χ0n) is 16.3. The van der Waals surface area contributed by atoms with E-state index in [0.29, 0.717) is 12.2 Å². The minimum absolute atomic E-state index is 0.0361. The molecule has 0 bridgehead atoms. The van der Waals surface area contributed by atoms with E-state index in [1.165, 1.54) is 5.56 Å². The van der Waals surface area contributed by atoms with Gasteiger partial charge in [-0.3, -0.25) is 14.5 Å². The minimum Gasteiger partial charge on any atom is -0.326 e. The molecular formula is C23H22N2O2S2. The summed E-state index contributed by atoms with van der Waals surface area (Å²) in [5.41, 5.74) is 4.98.